The van der Waals surface area contributed by atoms with E-state index in [9.17, 15) is 0 Å². The highest BCUT2D eigenvalue weighted by molar-refractivity contribution is 5.88. The van der Waals surface area contributed by atoms with Gasteiger partial charge in [-0.05, 0) is 44.0 Å². The second-order valence-electron chi connectivity index (χ2n) is 5.87. The largest absolute Gasteiger partial charge is 0.459 e. The summed E-state index contributed by atoms with van der Waals surface area (Å²) in [6, 6.07) is 8.31. The normalized spacial score (nSPS) is 19.5. The minimum Gasteiger partial charge on any atom is -0.459 e. The maximum absolute atomic E-state index is 6.00. The third kappa shape index (κ3) is 2.12. The van der Waals surface area contributed by atoms with Crippen molar-refractivity contribution in [1.82, 2.24) is 10.2 Å². The van der Waals surface area contributed by atoms with Crippen molar-refractivity contribution in [1.29, 1.82) is 0 Å². The fraction of sp³-hybridized carbons (Fsp3) is 0.412. The number of piperidine rings is 1. The molecule has 0 spiro atoms. The average molecular weight is 268 g/mol. The van der Waals surface area contributed by atoms with E-state index < -0.39 is 0 Å². The van der Waals surface area contributed by atoms with Crippen LogP contribution in [0.25, 0.3) is 17.0 Å². The molecule has 1 aromatic carbocycles. The van der Waals surface area contributed by atoms with Crippen LogP contribution < -0.4 is 5.32 Å². The Morgan fingerprint density at radius 1 is 1.20 bits per heavy atom. The monoisotopic (exact) mass is 268 g/mol. The van der Waals surface area contributed by atoms with Crippen molar-refractivity contribution in [2.75, 3.05) is 19.6 Å². The first-order valence-corrected chi connectivity index (χ1v) is 7.53. The summed E-state index contributed by atoms with van der Waals surface area (Å²) in [7, 11) is 0. The lowest BCUT2D eigenvalue weighted by Gasteiger charge is -2.30. The zero-order valence-corrected chi connectivity index (χ0v) is 11.6. The summed E-state index contributed by atoms with van der Waals surface area (Å²) in [5.74, 6) is 1.93. The summed E-state index contributed by atoms with van der Waals surface area (Å²) < 4.78 is 6.00. The number of benzene rings is 1. The van der Waals surface area contributed by atoms with Crippen molar-refractivity contribution in [2.24, 2.45) is 5.92 Å². The minimum atomic E-state index is 0.812. The Bertz CT molecular complexity index is 637. The highest BCUT2D eigenvalue weighted by Crippen LogP contribution is 2.31. The van der Waals surface area contributed by atoms with E-state index >= 15 is 0 Å². The van der Waals surface area contributed by atoms with Gasteiger partial charge in [0.25, 0.3) is 0 Å². The maximum atomic E-state index is 6.00. The molecule has 2 aliphatic rings. The molecule has 2 aliphatic heterocycles. The summed E-state index contributed by atoms with van der Waals surface area (Å²) in [5.41, 5.74) is 2.27. The van der Waals surface area contributed by atoms with Gasteiger partial charge in [-0.3, -0.25) is 0 Å². The highest BCUT2D eigenvalue weighted by Gasteiger charge is 2.21. The zero-order chi connectivity index (χ0) is 13.4. The van der Waals surface area contributed by atoms with Crippen molar-refractivity contribution < 1.29 is 4.42 Å². The van der Waals surface area contributed by atoms with Crippen LogP contribution in [-0.2, 0) is 6.54 Å². The molecule has 1 saturated heterocycles. The molecule has 0 aliphatic carbocycles. The van der Waals surface area contributed by atoms with Crippen LogP contribution in [0, 0.1) is 5.92 Å². The molecule has 0 atom stereocenters. The molecule has 104 valence electrons. The van der Waals surface area contributed by atoms with Crippen LogP contribution in [0.5, 0.6) is 0 Å². The topological polar surface area (TPSA) is 28.4 Å². The van der Waals surface area contributed by atoms with Gasteiger partial charge in [0.2, 0.25) is 0 Å². The van der Waals surface area contributed by atoms with E-state index in [-0.39, 0.29) is 0 Å². The van der Waals surface area contributed by atoms with E-state index in [1.54, 1.807) is 0 Å². The van der Waals surface area contributed by atoms with E-state index in [1.165, 1.54) is 23.8 Å². The van der Waals surface area contributed by atoms with Crippen molar-refractivity contribution >= 4 is 17.0 Å². The summed E-state index contributed by atoms with van der Waals surface area (Å²) in [6.45, 7) is 4.38. The first kappa shape index (κ1) is 12.0. The fourth-order valence-electron chi connectivity index (χ4n) is 3.35. The van der Waals surface area contributed by atoms with Gasteiger partial charge in [-0.2, -0.15) is 0 Å². The van der Waals surface area contributed by atoms with Crippen molar-refractivity contribution in [3.05, 3.63) is 41.8 Å². The molecule has 1 aromatic heterocycles. The molecular formula is C17H20N2O. The fourth-order valence-corrected chi connectivity index (χ4v) is 3.35. The second kappa shape index (κ2) is 4.98. The van der Waals surface area contributed by atoms with Crippen LogP contribution in [0.4, 0.5) is 0 Å². The summed E-state index contributed by atoms with van der Waals surface area (Å²) in [6.07, 6.45) is 7.03. The Morgan fingerprint density at radius 2 is 2.05 bits per heavy atom. The first-order valence-electron chi connectivity index (χ1n) is 7.53. The Labute approximate surface area is 119 Å². The SMILES string of the molecule is C1=CN(CC2CCNCC2)Cc2oc3ccccc3c21. The molecule has 1 N–H and O–H groups in total. The average Bonchev–Trinajstić information content (AvgIpc) is 2.86. The first-order chi connectivity index (χ1) is 9.90. The maximum Gasteiger partial charge on any atom is 0.135 e. The van der Waals surface area contributed by atoms with Gasteiger partial charge in [0.05, 0.1) is 6.54 Å². The summed E-state index contributed by atoms with van der Waals surface area (Å²) >= 11 is 0. The molecule has 0 bridgehead atoms. The van der Waals surface area contributed by atoms with E-state index in [0.717, 1.165) is 43.4 Å². The number of nitrogens with one attached hydrogen (secondary N) is 1. The van der Waals surface area contributed by atoms with Crippen LogP contribution in [0.3, 0.4) is 0 Å². The molecule has 4 rings (SSSR count). The van der Waals surface area contributed by atoms with Gasteiger partial charge in [0, 0.05) is 23.7 Å². The molecule has 0 radical (unpaired) electrons. The van der Waals surface area contributed by atoms with Crippen LogP contribution in [0.2, 0.25) is 0 Å². The summed E-state index contributed by atoms with van der Waals surface area (Å²) in [5, 5.41) is 4.67. The van der Waals surface area contributed by atoms with Crippen molar-refractivity contribution in [3.8, 4) is 0 Å². The molecule has 0 saturated carbocycles. The number of hydrogen-bond acceptors (Lipinski definition) is 3. The predicted molar refractivity (Wildman–Crippen MR) is 81.3 cm³/mol. The standard InChI is InChI=1S/C17H20N2O/c1-2-4-16-14(3-1)15-7-10-19(12-17(15)20-16)11-13-5-8-18-9-6-13/h1-4,7,10,13,18H,5-6,8-9,11-12H2. The number of fused-ring (bicyclic) bond motifs is 3. The number of rotatable bonds is 2. The highest BCUT2D eigenvalue weighted by atomic mass is 16.3. The molecular weight excluding hydrogens is 248 g/mol. The molecule has 2 aromatic rings. The number of hydrogen-bond donors (Lipinski definition) is 1. The van der Waals surface area contributed by atoms with Gasteiger partial charge in [-0.1, -0.05) is 18.2 Å². The molecule has 3 heteroatoms. The van der Waals surface area contributed by atoms with Gasteiger partial charge >= 0.3 is 0 Å². The van der Waals surface area contributed by atoms with E-state index in [1.807, 2.05) is 6.07 Å². The minimum absolute atomic E-state index is 0.812. The Hall–Kier alpha value is -1.74. The third-order valence-electron chi connectivity index (χ3n) is 4.46. The van der Waals surface area contributed by atoms with Crippen LogP contribution in [0.1, 0.15) is 24.2 Å². The number of nitrogens with zero attached hydrogens (tertiary/aromatic N) is 1. The molecule has 20 heavy (non-hydrogen) atoms. The van der Waals surface area contributed by atoms with Crippen molar-refractivity contribution in [2.45, 2.75) is 19.4 Å². The smallest absolute Gasteiger partial charge is 0.135 e. The lowest BCUT2D eigenvalue weighted by Crippen LogP contribution is -2.34. The molecule has 0 unspecified atom stereocenters. The number of para-hydroxylation sites is 1. The van der Waals surface area contributed by atoms with Gasteiger partial charge in [-0.25, -0.2) is 0 Å². The summed E-state index contributed by atoms with van der Waals surface area (Å²) in [4.78, 5) is 2.40. The molecule has 3 nitrogen and oxygen atoms in total. The van der Waals surface area contributed by atoms with Crippen molar-refractivity contribution in [3.63, 3.8) is 0 Å². The molecule has 1 fully saturated rings. The Kier molecular flexibility index (Phi) is 3.00. The predicted octanol–water partition coefficient (Wildman–Crippen LogP) is 3.22. The van der Waals surface area contributed by atoms with Gasteiger partial charge in [0.15, 0.2) is 0 Å². The van der Waals surface area contributed by atoms with Gasteiger partial charge in [0.1, 0.15) is 11.3 Å². The van der Waals surface area contributed by atoms with Gasteiger partial charge < -0.3 is 14.6 Å². The second-order valence-corrected chi connectivity index (χ2v) is 5.87. The third-order valence-corrected chi connectivity index (χ3v) is 4.46. The lowest BCUT2D eigenvalue weighted by atomic mass is 9.97. The zero-order valence-electron chi connectivity index (χ0n) is 11.6. The van der Waals surface area contributed by atoms with Crippen LogP contribution >= 0.6 is 0 Å². The quantitative estimate of drug-likeness (QED) is 0.906. The van der Waals surface area contributed by atoms with E-state index in [0.29, 0.717) is 0 Å². The Balaban J connectivity index is 1.54. The molecule has 3 heterocycles. The van der Waals surface area contributed by atoms with Crippen LogP contribution in [-0.4, -0.2) is 24.5 Å². The molecule has 0 amide bonds. The van der Waals surface area contributed by atoms with E-state index in [4.69, 9.17) is 4.42 Å². The van der Waals surface area contributed by atoms with Gasteiger partial charge in [-0.15, -0.1) is 0 Å². The number of furan rings is 1. The lowest BCUT2D eigenvalue weighted by molar-refractivity contribution is 0.244. The Morgan fingerprint density at radius 3 is 2.95 bits per heavy atom. The van der Waals surface area contributed by atoms with E-state index in [2.05, 4.69) is 40.7 Å². The van der Waals surface area contributed by atoms with Crippen LogP contribution in [0.15, 0.2) is 34.9 Å².